The quantitative estimate of drug-likeness (QED) is 0.538. The summed E-state index contributed by atoms with van der Waals surface area (Å²) in [5.41, 5.74) is 2.44. The van der Waals surface area contributed by atoms with E-state index in [1.54, 1.807) is 7.11 Å². The van der Waals surface area contributed by atoms with E-state index in [1.165, 1.54) is 24.0 Å². The van der Waals surface area contributed by atoms with Crippen molar-refractivity contribution in [2.75, 3.05) is 40.3 Å². The van der Waals surface area contributed by atoms with Crippen molar-refractivity contribution in [2.24, 2.45) is 12.0 Å². The van der Waals surface area contributed by atoms with Gasteiger partial charge in [-0.25, -0.2) is 0 Å². The van der Waals surface area contributed by atoms with Crippen LogP contribution in [0.4, 0.5) is 0 Å². The molecule has 0 radical (unpaired) electrons. The number of aryl methyl sites for hydroxylation is 1. The average molecular weight is 385 g/mol. The lowest BCUT2D eigenvalue weighted by atomic mass is 10.0. The van der Waals surface area contributed by atoms with E-state index in [1.807, 2.05) is 43.3 Å². The Morgan fingerprint density at radius 1 is 1.25 bits per heavy atom. The molecule has 1 fully saturated rings. The van der Waals surface area contributed by atoms with Crippen molar-refractivity contribution in [3.8, 4) is 5.75 Å². The molecule has 1 aliphatic heterocycles. The highest BCUT2D eigenvalue weighted by atomic mass is 16.5. The molecule has 1 atom stereocenters. The van der Waals surface area contributed by atoms with Gasteiger partial charge in [-0.1, -0.05) is 18.2 Å². The van der Waals surface area contributed by atoms with Crippen molar-refractivity contribution in [3.05, 3.63) is 47.8 Å². The number of aromatic nitrogens is 2. The third kappa shape index (κ3) is 5.25. The van der Waals surface area contributed by atoms with Crippen LogP contribution in [0.5, 0.6) is 5.75 Å². The Hall–Kier alpha value is -2.54. The van der Waals surface area contributed by atoms with Gasteiger partial charge in [0.05, 0.1) is 19.3 Å². The molecular weight excluding hydrogens is 352 g/mol. The Morgan fingerprint density at radius 2 is 2.04 bits per heavy atom. The van der Waals surface area contributed by atoms with Gasteiger partial charge in [-0.3, -0.25) is 14.6 Å². The predicted molar refractivity (Wildman–Crippen MR) is 113 cm³/mol. The van der Waals surface area contributed by atoms with Crippen molar-refractivity contribution in [2.45, 2.75) is 25.3 Å². The Kier molecular flexibility index (Phi) is 7.31. The first-order valence-electron chi connectivity index (χ1n) is 10.00. The summed E-state index contributed by atoms with van der Waals surface area (Å²) in [6.45, 7) is 3.84. The van der Waals surface area contributed by atoms with Crippen LogP contribution in [0.15, 0.2) is 41.7 Å². The van der Waals surface area contributed by atoms with Crippen molar-refractivity contribution < 1.29 is 4.74 Å². The zero-order valence-corrected chi connectivity index (χ0v) is 17.2. The second kappa shape index (κ2) is 10.1. The highest BCUT2D eigenvalue weighted by Gasteiger charge is 2.25. The lowest BCUT2D eigenvalue weighted by Crippen LogP contribution is -2.43. The summed E-state index contributed by atoms with van der Waals surface area (Å²) in [6, 6.07) is 8.58. The molecule has 1 aromatic heterocycles. The van der Waals surface area contributed by atoms with Crippen LogP contribution in [-0.2, 0) is 13.5 Å². The number of likely N-dealkylation sites (tertiary alicyclic amines) is 1. The maximum absolute atomic E-state index is 5.63. The Morgan fingerprint density at radius 3 is 2.71 bits per heavy atom. The highest BCUT2D eigenvalue weighted by molar-refractivity contribution is 5.79. The lowest BCUT2D eigenvalue weighted by Gasteiger charge is -2.30. The summed E-state index contributed by atoms with van der Waals surface area (Å²) >= 11 is 0. The monoisotopic (exact) mass is 384 g/mol. The number of hydrogen-bond donors (Lipinski definition) is 2. The fourth-order valence-electron chi connectivity index (χ4n) is 3.77. The molecule has 1 aliphatic rings. The van der Waals surface area contributed by atoms with Gasteiger partial charge in [0.2, 0.25) is 0 Å². The highest BCUT2D eigenvalue weighted by Crippen LogP contribution is 2.31. The summed E-state index contributed by atoms with van der Waals surface area (Å²) in [5, 5.41) is 11.1. The van der Waals surface area contributed by atoms with Crippen LogP contribution in [-0.4, -0.2) is 61.0 Å². The van der Waals surface area contributed by atoms with Crippen LogP contribution >= 0.6 is 0 Å². The minimum absolute atomic E-state index is 0.260. The number of benzene rings is 1. The van der Waals surface area contributed by atoms with E-state index in [0.717, 1.165) is 44.3 Å². The summed E-state index contributed by atoms with van der Waals surface area (Å²) in [6.07, 6.45) is 7.37. The Labute approximate surface area is 167 Å². The standard InChI is InChI=1S/C21H32N6O/c1-22-21(23-11-10-17-14-25-26(2)16-17)24-15-19(27-12-6-7-13-27)18-8-4-5-9-20(18)28-3/h4-5,8-9,14,16,19H,6-7,10-13,15H2,1-3H3,(H2,22,23,24). The van der Waals surface area contributed by atoms with Crippen molar-refractivity contribution in [1.82, 2.24) is 25.3 Å². The number of aliphatic imine (C=N–C) groups is 1. The molecule has 0 aliphatic carbocycles. The molecule has 1 unspecified atom stereocenters. The second-order valence-corrected chi connectivity index (χ2v) is 7.15. The van der Waals surface area contributed by atoms with E-state index >= 15 is 0 Å². The molecule has 7 nitrogen and oxygen atoms in total. The molecule has 2 N–H and O–H groups in total. The van der Waals surface area contributed by atoms with Crippen molar-refractivity contribution in [3.63, 3.8) is 0 Å². The maximum atomic E-state index is 5.63. The van der Waals surface area contributed by atoms with E-state index in [2.05, 4.69) is 37.8 Å². The van der Waals surface area contributed by atoms with Crippen molar-refractivity contribution >= 4 is 5.96 Å². The van der Waals surface area contributed by atoms with Crippen LogP contribution in [0.1, 0.15) is 30.0 Å². The normalized spacial score (nSPS) is 16.2. The fourth-order valence-corrected chi connectivity index (χ4v) is 3.77. The number of rotatable bonds is 8. The van der Waals surface area contributed by atoms with Gasteiger partial charge < -0.3 is 15.4 Å². The summed E-state index contributed by atoms with van der Waals surface area (Å²) in [7, 11) is 5.49. The molecule has 1 saturated heterocycles. The van der Waals surface area contributed by atoms with Crippen molar-refractivity contribution in [1.29, 1.82) is 0 Å². The van der Waals surface area contributed by atoms with E-state index in [9.17, 15) is 0 Å². The lowest BCUT2D eigenvalue weighted by molar-refractivity contribution is 0.239. The van der Waals surface area contributed by atoms with E-state index in [-0.39, 0.29) is 6.04 Å². The average Bonchev–Trinajstić information content (AvgIpc) is 3.39. The van der Waals surface area contributed by atoms with Crippen LogP contribution < -0.4 is 15.4 Å². The Bertz CT molecular complexity index is 766. The summed E-state index contributed by atoms with van der Waals surface area (Å²) in [4.78, 5) is 6.92. The molecule has 3 rings (SSSR count). The van der Waals surface area contributed by atoms with Crippen LogP contribution in [0, 0.1) is 0 Å². The number of hydrogen-bond acceptors (Lipinski definition) is 4. The topological polar surface area (TPSA) is 66.7 Å². The molecule has 28 heavy (non-hydrogen) atoms. The molecule has 0 spiro atoms. The molecule has 0 saturated carbocycles. The number of nitrogens with zero attached hydrogens (tertiary/aromatic N) is 4. The molecule has 1 aromatic carbocycles. The molecule has 0 amide bonds. The first-order valence-corrected chi connectivity index (χ1v) is 10.00. The molecule has 0 bridgehead atoms. The van der Waals surface area contributed by atoms with E-state index in [0.29, 0.717) is 0 Å². The van der Waals surface area contributed by atoms with Gasteiger partial charge in [0, 0.05) is 38.9 Å². The van der Waals surface area contributed by atoms with E-state index < -0.39 is 0 Å². The Balaban J connectivity index is 1.60. The van der Waals surface area contributed by atoms with Crippen LogP contribution in [0.3, 0.4) is 0 Å². The first-order chi connectivity index (χ1) is 13.7. The van der Waals surface area contributed by atoms with Gasteiger partial charge >= 0.3 is 0 Å². The molecule has 7 heteroatoms. The SMILES string of the molecule is CN=C(NCCc1cnn(C)c1)NCC(c1ccccc1OC)N1CCCC1. The molecular formula is C21H32N6O. The third-order valence-corrected chi connectivity index (χ3v) is 5.23. The van der Waals surface area contributed by atoms with Crippen LogP contribution in [0.25, 0.3) is 0 Å². The predicted octanol–water partition coefficient (Wildman–Crippen LogP) is 1.97. The summed E-state index contributed by atoms with van der Waals surface area (Å²) < 4.78 is 7.46. The number of ether oxygens (including phenoxy) is 1. The minimum Gasteiger partial charge on any atom is -0.496 e. The zero-order valence-electron chi connectivity index (χ0n) is 17.2. The van der Waals surface area contributed by atoms with E-state index in [4.69, 9.17) is 4.74 Å². The molecule has 152 valence electrons. The van der Waals surface area contributed by atoms with Gasteiger partial charge in [0.1, 0.15) is 5.75 Å². The third-order valence-electron chi connectivity index (χ3n) is 5.23. The van der Waals surface area contributed by atoms with Gasteiger partial charge in [0.25, 0.3) is 0 Å². The molecule has 2 heterocycles. The molecule has 2 aromatic rings. The first kappa shape index (κ1) is 20.2. The fraction of sp³-hybridized carbons (Fsp3) is 0.524. The smallest absolute Gasteiger partial charge is 0.191 e. The number of nitrogens with one attached hydrogen (secondary N) is 2. The minimum atomic E-state index is 0.260. The van der Waals surface area contributed by atoms with Crippen LogP contribution in [0.2, 0.25) is 0 Å². The summed E-state index contributed by atoms with van der Waals surface area (Å²) in [5.74, 6) is 1.77. The zero-order chi connectivity index (χ0) is 19.8. The van der Waals surface area contributed by atoms with Gasteiger partial charge in [-0.05, 0) is 44.0 Å². The van der Waals surface area contributed by atoms with Gasteiger partial charge in [0.15, 0.2) is 5.96 Å². The maximum Gasteiger partial charge on any atom is 0.191 e. The number of methoxy groups -OCH3 is 1. The second-order valence-electron chi connectivity index (χ2n) is 7.15. The van der Waals surface area contributed by atoms with Gasteiger partial charge in [-0.2, -0.15) is 5.10 Å². The number of para-hydroxylation sites is 1. The van der Waals surface area contributed by atoms with Gasteiger partial charge in [-0.15, -0.1) is 0 Å². The number of guanidine groups is 1. The largest absolute Gasteiger partial charge is 0.496 e.